The van der Waals surface area contributed by atoms with Crippen LogP contribution in [0.5, 0.6) is 0 Å². The fraction of sp³-hybridized carbons (Fsp3) is 0.429. The molecule has 0 amide bonds. The lowest BCUT2D eigenvalue weighted by Gasteiger charge is -2.08. The van der Waals surface area contributed by atoms with Crippen LogP contribution in [0.4, 0.5) is 0 Å². The molecule has 2 aromatic rings. The molecule has 6 nitrogen and oxygen atoms in total. The Labute approximate surface area is 117 Å². The fourth-order valence-electron chi connectivity index (χ4n) is 2.17. The molecule has 1 aromatic carbocycles. The Bertz CT molecular complexity index is 679. The van der Waals surface area contributed by atoms with E-state index < -0.39 is 0 Å². The van der Waals surface area contributed by atoms with E-state index in [2.05, 4.69) is 0 Å². The third-order valence-electron chi connectivity index (χ3n) is 3.21. The molecule has 0 spiro atoms. The van der Waals surface area contributed by atoms with Gasteiger partial charge >= 0.3 is 11.4 Å². The highest BCUT2D eigenvalue weighted by molar-refractivity contribution is 5.29. The summed E-state index contributed by atoms with van der Waals surface area (Å²) in [6.07, 6.45) is 0.765. The van der Waals surface area contributed by atoms with Crippen molar-refractivity contribution in [1.82, 2.24) is 18.8 Å². The first-order chi connectivity index (χ1) is 9.52. The van der Waals surface area contributed by atoms with E-state index in [4.69, 9.17) is 0 Å². The molecule has 0 aliphatic rings. The normalized spacial score (nSPS) is 11.2. The van der Waals surface area contributed by atoms with Gasteiger partial charge in [-0.05, 0) is 39.2 Å². The van der Waals surface area contributed by atoms with Gasteiger partial charge < -0.3 is 4.90 Å². The Hall–Kier alpha value is -2.08. The van der Waals surface area contributed by atoms with Gasteiger partial charge in [-0.3, -0.25) is 0 Å². The lowest BCUT2D eigenvalue weighted by Crippen LogP contribution is -2.30. The second kappa shape index (κ2) is 5.92. The topological polar surface area (TPSA) is 52.2 Å². The Balaban J connectivity index is 2.37. The van der Waals surface area contributed by atoms with E-state index in [1.165, 1.54) is 13.9 Å². The summed E-state index contributed by atoms with van der Waals surface area (Å²) in [6.45, 7) is 1.27. The van der Waals surface area contributed by atoms with E-state index in [9.17, 15) is 9.59 Å². The minimum absolute atomic E-state index is 0.280. The zero-order valence-electron chi connectivity index (χ0n) is 12.1. The van der Waals surface area contributed by atoms with Gasteiger partial charge in [-0.25, -0.2) is 18.8 Å². The molecule has 0 bridgehead atoms. The predicted molar refractivity (Wildman–Crippen MR) is 78.4 cm³/mol. The number of hydrogen-bond acceptors (Lipinski definition) is 3. The maximum absolute atomic E-state index is 12.4. The third-order valence-corrected chi connectivity index (χ3v) is 3.21. The Morgan fingerprint density at radius 1 is 1.05 bits per heavy atom. The van der Waals surface area contributed by atoms with Crippen LogP contribution >= 0.6 is 0 Å². The summed E-state index contributed by atoms with van der Waals surface area (Å²) in [4.78, 5) is 26.6. The number of nitrogens with zero attached hydrogens (tertiary/aromatic N) is 4. The van der Waals surface area contributed by atoms with Crippen LogP contribution in [-0.4, -0.2) is 39.5 Å². The Morgan fingerprint density at radius 2 is 1.70 bits per heavy atom. The van der Waals surface area contributed by atoms with Gasteiger partial charge in [0.1, 0.15) is 0 Å². The van der Waals surface area contributed by atoms with E-state index >= 15 is 0 Å². The average Bonchev–Trinajstić information content (AvgIpc) is 2.63. The van der Waals surface area contributed by atoms with Crippen molar-refractivity contribution in [3.05, 3.63) is 51.3 Å². The zero-order valence-corrected chi connectivity index (χ0v) is 12.1. The van der Waals surface area contributed by atoms with Gasteiger partial charge in [0.15, 0.2) is 0 Å². The highest BCUT2D eigenvalue weighted by atomic mass is 16.2. The molecule has 0 radical (unpaired) electrons. The summed E-state index contributed by atoms with van der Waals surface area (Å²) >= 11 is 0. The third kappa shape index (κ3) is 2.75. The fourth-order valence-corrected chi connectivity index (χ4v) is 2.17. The van der Waals surface area contributed by atoms with Crippen molar-refractivity contribution in [1.29, 1.82) is 0 Å². The first kappa shape index (κ1) is 14.3. The Morgan fingerprint density at radius 3 is 2.30 bits per heavy atom. The summed E-state index contributed by atoms with van der Waals surface area (Å²) in [5.74, 6) is 0. The van der Waals surface area contributed by atoms with Crippen LogP contribution in [0.25, 0.3) is 5.69 Å². The average molecular weight is 276 g/mol. The van der Waals surface area contributed by atoms with Gasteiger partial charge in [0.05, 0.1) is 5.69 Å². The van der Waals surface area contributed by atoms with E-state index in [1.807, 2.05) is 49.3 Å². The van der Waals surface area contributed by atoms with E-state index in [0.29, 0.717) is 12.2 Å². The Kier molecular flexibility index (Phi) is 4.24. The van der Waals surface area contributed by atoms with Gasteiger partial charge in [-0.2, -0.15) is 4.68 Å². The van der Waals surface area contributed by atoms with Gasteiger partial charge in [-0.1, -0.05) is 18.2 Å². The second-order valence-corrected chi connectivity index (χ2v) is 5.04. The first-order valence-corrected chi connectivity index (χ1v) is 6.61. The monoisotopic (exact) mass is 276 g/mol. The highest BCUT2D eigenvalue weighted by Crippen LogP contribution is 2.02. The molecule has 108 valence electrons. The molecule has 20 heavy (non-hydrogen) atoms. The number of para-hydroxylation sites is 1. The van der Waals surface area contributed by atoms with Crippen LogP contribution in [0.1, 0.15) is 6.42 Å². The summed E-state index contributed by atoms with van der Waals surface area (Å²) in [6, 6.07) is 9.18. The highest BCUT2D eigenvalue weighted by Gasteiger charge is 2.13. The molecule has 0 aliphatic heterocycles. The molecule has 6 heteroatoms. The number of hydrogen-bond donors (Lipinski definition) is 0. The number of aromatic nitrogens is 3. The number of rotatable bonds is 5. The summed E-state index contributed by atoms with van der Waals surface area (Å²) in [7, 11) is 5.55. The van der Waals surface area contributed by atoms with Crippen molar-refractivity contribution in [2.75, 3.05) is 20.6 Å². The molecule has 0 aliphatic carbocycles. The van der Waals surface area contributed by atoms with Crippen LogP contribution in [0.2, 0.25) is 0 Å². The smallest absolute Gasteiger partial charge is 0.309 e. The minimum Gasteiger partial charge on any atom is -0.309 e. The van der Waals surface area contributed by atoms with Crippen molar-refractivity contribution < 1.29 is 0 Å². The van der Waals surface area contributed by atoms with Gasteiger partial charge in [0.25, 0.3) is 0 Å². The second-order valence-electron chi connectivity index (χ2n) is 5.04. The van der Waals surface area contributed by atoms with Crippen molar-refractivity contribution in [3.63, 3.8) is 0 Å². The van der Waals surface area contributed by atoms with Crippen molar-refractivity contribution >= 4 is 0 Å². The van der Waals surface area contributed by atoms with Crippen LogP contribution in [-0.2, 0) is 13.6 Å². The molecular formula is C14H20N4O2. The molecule has 0 atom stereocenters. The zero-order chi connectivity index (χ0) is 14.7. The molecule has 0 saturated heterocycles. The van der Waals surface area contributed by atoms with Gasteiger partial charge in [-0.15, -0.1) is 0 Å². The molecule has 0 fully saturated rings. The maximum Gasteiger partial charge on any atom is 0.351 e. The standard InChI is InChI=1S/C14H20N4O2/c1-15(2)10-7-11-17-13(19)16(3)18(14(17)20)12-8-5-4-6-9-12/h4-6,8-9H,7,10-11H2,1-3H3. The maximum atomic E-state index is 12.4. The molecule has 1 heterocycles. The summed E-state index contributed by atoms with van der Waals surface area (Å²) in [5.41, 5.74) is 0.128. The van der Waals surface area contributed by atoms with Crippen molar-refractivity contribution in [2.45, 2.75) is 13.0 Å². The van der Waals surface area contributed by atoms with Crippen molar-refractivity contribution in [3.8, 4) is 5.69 Å². The number of benzene rings is 1. The van der Waals surface area contributed by atoms with E-state index in [1.54, 1.807) is 7.05 Å². The van der Waals surface area contributed by atoms with Gasteiger partial charge in [0, 0.05) is 13.6 Å². The molecular weight excluding hydrogens is 256 g/mol. The van der Waals surface area contributed by atoms with Crippen LogP contribution in [0, 0.1) is 0 Å². The molecule has 0 unspecified atom stereocenters. The van der Waals surface area contributed by atoms with Crippen LogP contribution in [0.3, 0.4) is 0 Å². The minimum atomic E-state index is -0.289. The lowest BCUT2D eigenvalue weighted by molar-refractivity contribution is 0.383. The van der Waals surface area contributed by atoms with E-state index in [-0.39, 0.29) is 11.4 Å². The van der Waals surface area contributed by atoms with E-state index in [0.717, 1.165) is 13.0 Å². The predicted octanol–water partition coefficient (Wildman–Crippen LogP) is 0.289. The first-order valence-electron chi connectivity index (χ1n) is 6.61. The lowest BCUT2D eigenvalue weighted by atomic mass is 10.3. The van der Waals surface area contributed by atoms with Gasteiger partial charge in [0.2, 0.25) is 0 Å². The molecule has 1 aromatic heterocycles. The molecule has 2 rings (SSSR count). The summed E-state index contributed by atoms with van der Waals surface area (Å²) in [5, 5.41) is 0. The SMILES string of the molecule is CN(C)CCCn1c(=O)n(C)n(-c2ccccc2)c1=O. The van der Waals surface area contributed by atoms with Crippen LogP contribution < -0.4 is 11.4 Å². The summed E-state index contributed by atoms with van der Waals surface area (Å²) < 4.78 is 4.04. The van der Waals surface area contributed by atoms with Crippen LogP contribution in [0.15, 0.2) is 39.9 Å². The largest absolute Gasteiger partial charge is 0.351 e. The quantitative estimate of drug-likeness (QED) is 0.789. The molecule has 0 saturated carbocycles. The van der Waals surface area contributed by atoms with Crippen molar-refractivity contribution in [2.24, 2.45) is 7.05 Å². The molecule has 0 N–H and O–H groups in total.